The van der Waals surface area contributed by atoms with E-state index in [0.29, 0.717) is 6.04 Å². The molecule has 1 aliphatic heterocycles. The number of aromatic nitrogens is 1. The van der Waals surface area contributed by atoms with Crippen molar-refractivity contribution < 1.29 is 5.11 Å². The number of nitrogens with one attached hydrogen (secondary N) is 1. The highest BCUT2D eigenvalue weighted by Gasteiger charge is 2.19. The van der Waals surface area contributed by atoms with Gasteiger partial charge in [-0.2, -0.15) is 0 Å². The third-order valence-electron chi connectivity index (χ3n) is 2.93. The molecule has 2 N–H and O–H groups in total. The molecule has 1 aromatic rings. The Morgan fingerprint density at radius 3 is 3.20 bits per heavy atom. The molecule has 1 saturated heterocycles. The van der Waals surface area contributed by atoms with E-state index >= 15 is 0 Å². The van der Waals surface area contributed by atoms with Gasteiger partial charge in [-0.3, -0.25) is 0 Å². The van der Waals surface area contributed by atoms with Gasteiger partial charge >= 0.3 is 0 Å². The summed E-state index contributed by atoms with van der Waals surface area (Å²) >= 11 is 1.72. The van der Waals surface area contributed by atoms with Gasteiger partial charge in [0.25, 0.3) is 0 Å². The normalized spacial score (nSPS) is 24.0. The minimum Gasteiger partial charge on any atom is -0.396 e. The Hall–Kier alpha value is -0.450. The monoisotopic (exact) mass is 226 g/mol. The Morgan fingerprint density at radius 2 is 2.53 bits per heavy atom. The van der Waals surface area contributed by atoms with E-state index in [0.717, 1.165) is 12.2 Å². The van der Waals surface area contributed by atoms with E-state index in [-0.39, 0.29) is 12.5 Å². The molecule has 84 valence electrons. The maximum atomic E-state index is 9.06. The molecule has 0 amide bonds. The zero-order valence-electron chi connectivity index (χ0n) is 9.07. The quantitative estimate of drug-likeness (QED) is 0.829. The van der Waals surface area contributed by atoms with Crippen LogP contribution in [-0.4, -0.2) is 23.2 Å². The van der Waals surface area contributed by atoms with Crippen LogP contribution in [0.3, 0.4) is 0 Å². The fraction of sp³-hybridized carbons (Fsp3) is 0.727. The Bertz CT molecular complexity index is 307. The predicted molar refractivity (Wildman–Crippen MR) is 62.2 cm³/mol. The van der Waals surface area contributed by atoms with Gasteiger partial charge in [0.2, 0.25) is 0 Å². The van der Waals surface area contributed by atoms with Gasteiger partial charge in [0.1, 0.15) is 5.01 Å². The molecular weight excluding hydrogens is 208 g/mol. The average molecular weight is 226 g/mol. The lowest BCUT2D eigenvalue weighted by molar-refractivity contribution is 0.271. The van der Waals surface area contributed by atoms with Gasteiger partial charge in [0.15, 0.2) is 0 Å². The summed E-state index contributed by atoms with van der Waals surface area (Å²) in [5.74, 6) is 0.165. The molecule has 0 spiro atoms. The van der Waals surface area contributed by atoms with Gasteiger partial charge < -0.3 is 10.4 Å². The largest absolute Gasteiger partial charge is 0.396 e. The highest BCUT2D eigenvalue weighted by molar-refractivity contribution is 7.09. The summed E-state index contributed by atoms with van der Waals surface area (Å²) in [4.78, 5) is 4.60. The summed E-state index contributed by atoms with van der Waals surface area (Å²) in [5, 5.41) is 15.8. The number of hydrogen-bond donors (Lipinski definition) is 2. The zero-order valence-corrected chi connectivity index (χ0v) is 9.89. The van der Waals surface area contributed by atoms with Crippen molar-refractivity contribution in [1.82, 2.24) is 10.3 Å². The fourth-order valence-corrected chi connectivity index (χ4v) is 2.89. The molecule has 1 fully saturated rings. The van der Waals surface area contributed by atoms with Crippen molar-refractivity contribution in [3.8, 4) is 0 Å². The molecule has 0 aromatic carbocycles. The van der Waals surface area contributed by atoms with E-state index < -0.39 is 0 Å². The average Bonchev–Trinajstić information content (AvgIpc) is 2.78. The molecule has 0 saturated carbocycles. The molecule has 0 radical (unpaired) electrons. The summed E-state index contributed by atoms with van der Waals surface area (Å²) < 4.78 is 0. The van der Waals surface area contributed by atoms with E-state index in [1.54, 1.807) is 11.3 Å². The first-order valence-electron chi connectivity index (χ1n) is 5.61. The number of nitrogens with zero attached hydrogens (tertiary/aromatic N) is 1. The SMILES string of the molecule is CC(CO)c1csc(C2CCCCN2)n1. The number of rotatable bonds is 3. The highest BCUT2D eigenvalue weighted by Crippen LogP contribution is 2.27. The lowest BCUT2D eigenvalue weighted by Crippen LogP contribution is -2.26. The highest BCUT2D eigenvalue weighted by atomic mass is 32.1. The Balaban J connectivity index is 2.05. The number of hydrogen-bond acceptors (Lipinski definition) is 4. The first-order valence-corrected chi connectivity index (χ1v) is 6.49. The lowest BCUT2D eigenvalue weighted by Gasteiger charge is -2.21. The van der Waals surface area contributed by atoms with Crippen LogP contribution in [0.15, 0.2) is 5.38 Å². The molecule has 1 aromatic heterocycles. The van der Waals surface area contributed by atoms with Crippen LogP contribution in [0.4, 0.5) is 0 Å². The summed E-state index contributed by atoms with van der Waals surface area (Å²) in [6, 6.07) is 0.448. The molecule has 0 bridgehead atoms. The van der Waals surface area contributed by atoms with Crippen LogP contribution in [0, 0.1) is 0 Å². The molecule has 2 unspecified atom stereocenters. The molecule has 2 rings (SSSR count). The number of thiazole rings is 1. The molecule has 3 nitrogen and oxygen atoms in total. The van der Waals surface area contributed by atoms with Crippen LogP contribution in [-0.2, 0) is 0 Å². The van der Waals surface area contributed by atoms with Crippen molar-refractivity contribution in [1.29, 1.82) is 0 Å². The smallest absolute Gasteiger partial charge is 0.110 e. The van der Waals surface area contributed by atoms with Crippen molar-refractivity contribution >= 4 is 11.3 Å². The maximum Gasteiger partial charge on any atom is 0.110 e. The van der Waals surface area contributed by atoms with Crippen LogP contribution < -0.4 is 5.32 Å². The molecule has 15 heavy (non-hydrogen) atoms. The number of piperidine rings is 1. The van der Waals surface area contributed by atoms with Gasteiger partial charge in [-0.05, 0) is 19.4 Å². The third-order valence-corrected chi connectivity index (χ3v) is 3.90. The Kier molecular flexibility index (Phi) is 3.72. The van der Waals surface area contributed by atoms with Gasteiger partial charge in [0.05, 0.1) is 18.3 Å². The minimum atomic E-state index is 0.165. The first kappa shape index (κ1) is 11.0. The van der Waals surface area contributed by atoms with Crippen LogP contribution in [0.2, 0.25) is 0 Å². The molecule has 0 aliphatic carbocycles. The van der Waals surface area contributed by atoms with Crippen LogP contribution in [0.1, 0.15) is 48.8 Å². The molecular formula is C11H18N2OS. The summed E-state index contributed by atoms with van der Waals surface area (Å²) in [7, 11) is 0. The Morgan fingerprint density at radius 1 is 1.67 bits per heavy atom. The number of aliphatic hydroxyl groups excluding tert-OH is 1. The van der Waals surface area contributed by atoms with Gasteiger partial charge in [-0.1, -0.05) is 13.3 Å². The summed E-state index contributed by atoms with van der Waals surface area (Å²) in [5.41, 5.74) is 1.03. The fourth-order valence-electron chi connectivity index (χ4n) is 1.84. The third kappa shape index (κ3) is 2.56. The first-order chi connectivity index (χ1) is 7.31. The van der Waals surface area contributed by atoms with Crippen molar-refractivity contribution in [3.63, 3.8) is 0 Å². The topological polar surface area (TPSA) is 45.1 Å². The van der Waals surface area contributed by atoms with Crippen molar-refractivity contribution in [2.75, 3.05) is 13.2 Å². The van der Waals surface area contributed by atoms with Crippen LogP contribution in [0.5, 0.6) is 0 Å². The zero-order chi connectivity index (χ0) is 10.7. The molecule has 2 atom stereocenters. The van der Waals surface area contributed by atoms with E-state index in [1.807, 2.05) is 6.92 Å². The molecule has 1 aliphatic rings. The van der Waals surface area contributed by atoms with Crippen molar-refractivity contribution in [3.05, 3.63) is 16.1 Å². The van der Waals surface area contributed by atoms with Crippen molar-refractivity contribution in [2.45, 2.75) is 38.1 Å². The number of aliphatic hydroxyl groups is 1. The van der Waals surface area contributed by atoms with Gasteiger partial charge in [-0.25, -0.2) is 4.98 Å². The van der Waals surface area contributed by atoms with E-state index in [1.165, 1.54) is 24.3 Å². The van der Waals surface area contributed by atoms with Gasteiger partial charge in [-0.15, -0.1) is 11.3 Å². The predicted octanol–water partition coefficient (Wildman–Crippen LogP) is 2.05. The standard InChI is InChI=1S/C11H18N2OS/c1-8(6-14)10-7-15-11(13-10)9-4-2-3-5-12-9/h7-9,12,14H,2-6H2,1H3. The molecule has 4 heteroatoms. The van der Waals surface area contributed by atoms with E-state index in [9.17, 15) is 0 Å². The van der Waals surface area contributed by atoms with E-state index in [4.69, 9.17) is 5.11 Å². The summed E-state index contributed by atoms with van der Waals surface area (Å²) in [6.45, 7) is 3.30. The van der Waals surface area contributed by atoms with Crippen LogP contribution in [0.25, 0.3) is 0 Å². The van der Waals surface area contributed by atoms with Crippen molar-refractivity contribution in [2.24, 2.45) is 0 Å². The second-order valence-electron chi connectivity index (χ2n) is 4.20. The van der Waals surface area contributed by atoms with E-state index in [2.05, 4.69) is 15.7 Å². The maximum absolute atomic E-state index is 9.06. The van der Waals surface area contributed by atoms with Gasteiger partial charge in [0, 0.05) is 11.3 Å². The second kappa shape index (κ2) is 5.05. The van der Waals surface area contributed by atoms with Crippen LogP contribution >= 0.6 is 11.3 Å². The lowest BCUT2D eigenvalue weighted by atomic mass is 10.1. The second-order valence-corrected chi connectivity index (χ2v) is 5.09. The molecule has 2 heterocycles. The minimum absolute atomic E-state index is 0.165. The Labute approximate surface area is 94.5 Å². The summed E-state index contributed by atoms with van der Waals surface area (Å²) in [6.07, 6.45) is 3.77.